The SMILES string of the molecule is COc1cc(CNc2ccc3[nH]c(=O)[nH]c3c2)ccc1OCc1ccc(F)cc1.[Cl-]. The van der Waals surface area contributed by atoms with E-state index in [1.165, 1.54) is 12.1 Å². The van der Waals surface area contributed by atoms with Crippen LogP contribution < -0.4 is 32.9 Å². The van der Waals surface area contributed by atoms with Crippen LogP contribution in [0.3, 0.4) is 0 Å². The number of methoxy groups -OCH3 is 1. The summed E-state index contributed by atoms with van der Waals surface area (Å²) in [6.45, 7) is 0.901. The molecule has 156 valence electrons. The summed E-state index contributed by atoms with van der Waals surface area (Å²) in [4.78, 5) is 16.8. The molecule has 1 heterocycles. The first-order valence-corrected chi connectivity index (χ1v) is 9.11. The van der Waals surface area contributed by atoms with Crippen LogP contribution in [0.4, 0.5) is 10.1 Å². The quantitative estimate of drug-likeness (QED) is 0.413. The highest BCUT2D eigenvalue weighted by molar-refractivity contribution is 5.78. The largest absolute Gasteiger partial charge is 1.00 e. The van der Waals surface area contributed by atoms with Crippen molar-refractivity contribution in [1.82, 2.24) is 9.97 Å². The molecule has 4 rings (SSSR count). The van der Waals surface area contributed by atoms with Crippen LogP contribution >= 0.6 is 0 Å². The Morgan fingerprint density at radius 2 is 1.63 bits per heavy atom. The van der Waals surface area contributed by atoms with E-state index in [9.17, 15) is 9.18 Å². The number of ether oxygens (including phenoxy) is 2. The Hall–Kier alpha value is -3.45. The zero-order valence-electron chi connectivity index (χ0n) is 16.2. The van der Waals surface area contributed by atoms with Crippen molar-refractivity contribution in [1.29, 1.82) is 0 Å². The minimum absolute atomic E-state index is 0. The first-order valence-electron chi connectivity index (χ1n) is 9.11. The molecule has 3 N–H and O–H groups in total. The summed E-state index contributed by atoms with van der Waals surface area (Å²) < 4.78 is 24.3. The second kappa shape index (κ2) is 9.37. The van der Waals surface area contributed by atoms with Crippen molar-refractivity contribution in [2.24, 2.45) is 0 Å². The predicted molar refractivity (Wildman–Crippen MR) is 110 cm³/mol. The third-order valence-corrected chi connectivity index (χ3v) is 4.55. The van der Waals surface area contributed by atoms with E-state index >= 15 is 0 Å². The van der Waals surface area contributed by atoms with Gasteiger partial charge >= 0.3 is 5.69 Å². The van der Waals surface area contributed by atoms with Crippen LogP contribution in [0, 0.1) is 5.82 Å². The van der Waals surface area contributed by atoms with Crippen LogP contribution in [-0.4, -0.2) is 17.1 Å². The maximum absolute atomic E-state index is 13.0. The standard InChI is InChI=1S/C22H20FN3O3.ClH/c1-28-21-10-15(4-9-20(21)29-13-14-2-5-16(23)6-3-14)12-24-17-7-8-18-19(11-17)26-22(27)25-18;/h2-11,24H,12-13H2,1H3,(H2,25,26,27);1H/p-1. The third-order valence-electron chi connectivity index (χ3n) is 4.55. The maximum Gasteiger partial charge on any atom is 0.323 e. The number of rotatable bonds is 7. The van der Waals surface area contributed by atoms with Gasteiger partial charge in [-0.15, -0.1) is 0 Å². The summed E-state index contributed by atoms with van der Waals surface area (Å²) in [5, 5.41) is 3.33. The summed E-state index contributed by atoms with van der Waals surface area (Å²) in [7, 11) is 1.59. The van der Waals surface area contributed by atoms with Gasteiger partial charge in [-0.3, -0.25) is 0 Å². The average Bonchev–Trinajstić information content (AvgIpc) is 3.11. The molecule has 0 amide bonds. The van der Waals surface area contributed by atoms with Crippen molar-refractivity contribution in [2.45, 2.75) is 13.2 Å². The normalized spacial score (nSPS) is 10.5. The molecule has 8 heteroatoms. The monoisotopic (exact) mass is 428 g/mol. The van der Waals surface area contributed by atoms with E-state index in [-0.39, 0.29) is 23.9 Å². The minimum Gasteiger partial charge on any atom is -1.00 e. The summed E-state index contributed by atoms with van der Waals surface area (Å²) in [6.07, 6.45) is 0. The minimum atomic E-state index is -0.273. The molecule has 0 radical (unpaired) electrons. The molecule has 0 saturated heterocycles. The molecule has 0 unspecified atom stereocenters. The number of aromatic amines is 2. The van der Waals surface area contributed by atoms with Crippen molar-refractivity contribution in [3.8, 4) is 11.5 Å². The lowest BCUT2D eigenvalue weighted by atomic mass is 10.2. The molecule has 0 aliphatic carbocycles. The van der Waals surface area contributed by atoms with E-state index in [2.05, 4.69) is 15.3 Å². The van der Waals surface area contributed by atoms with Gasteiger partial charge in [-0.2, -0.15) is 0 Å². The smallest absolute Gasteiger partial charge is 0.323 e. The zero-order valence-corrected chi connectivity index (χ0v) is 16.9. The molecule has 0 saturated carbocycles. The van der Waals surface area contributed by atoms with Crippen molar-refractivity contribution in [3.05, 3.63) is 88.1 Å². The number of H-pyrrole nitrogens is 2. The molecule has 0 fully saturated rings. The highest BCUT2D eigenvalue weighted by atomic mass is 35.5. The van der Waals surface area contributed by atoms with Gasteiger partial charge in [0, 0.05) is 12.2 Å². The van der Waals surface area contributed by atoms with Gasteiger partial charge in [0.25, 0.3) is 0 Å². The van der Waals surface area contributed by atoms with Crippen LogP contribution in [-0.2, 0) is 13.2 Å². The molecule has 0 aliphatic rings. The number of benzene rings is 3. The predicted octanol–water partition coefficient (Wildman–Crippen LogP) is 1.20. The van der Waals surface area contributed by atoms with Gasteiger partial charge in [0.2, 0.25) is 0 Å². The van der Waals surface area contributed by atoms with Gasteiger partial charge in [0.05, 0.1) is 18.1 Å². The highest BCUT2D eigenvalue weighted by Crippen LogP contribution is 2.29. The van der Waals surface area contributed by atoms with Gasteiger partial charge < -0.3 is 37.2 Å². The van der Waals surface area contributed by atoms with Crippen LogP contribution in [0.25, 0.3) is 11.0 Å². The molecule has 1 aromatic heterocycles. The fourth-order valence-electron chi connectivity index (χ4n) is 3.03. The first kappa shape index (κ1) is 21.3. The molecule has 30 heavy (non-hydrogen) atoms. The topological polar surface area (TPSA) is 79.1 Å². The van der Waals surface area contributed by atoms with E-state index in [1.807, 2.05) is 36.4 Å². The molecule has 0 spiro atoms. The van der Waals surface area contributed by atoms with Gasteiger partial charge in [-0.1, -0.05) is 18.2 Å². The average molecular weight is 429 g/mol. The summed E-state index contributed by atoms with van der Waals surface area (Å²) >= 11 is 0. The van der Waals surface area contributed by atoms with Crippen molar-refractivity contribution in [3.63, 3.8) is 0 Å². The Morgan fingerprint density at radius 1 is 0.900 bits per heavy atom. The maximum atomic E-state index is 13.0. The van der Waals surface area contributed by atoms with Crippen LogP contribution in [0.2, 0.25) is 0 Å². The second-order valence-electron chi connectivity index (χ2n) is 6.59. The summed E-state index contributed by atoms with van der Waals surface area (Å²) in [5.74, 6) is 0.967. The molecule has 3 aromatic carbocycles. The lowest BCUT2D eigenvalue weighted by molar-refractivity contribution is -0.00000715. The van der Waals surface area contributed by atoms with Gasteiger partial charge in [0.1, 0.15) is 12.4 Å². The molecule has 0 bridgehead atoms. The number of aromatic nitrogens is 2. The van der Waals surface area contributed by atoms with Crippen LogP contribution in [0.1, 0.15) is 11.1 Å². The number of imidazole rings is 1. The summed E-state index contributed by atoms with van der Waals surface area (Å²) in [5.41, 5.74) is 4.07. The van der Waals surface area contributed by atoms with Crippen LogP contribution in [0.5, 0.6) is 11.5 Å². The van der Waals surface area contributed by atoms with Crippen LogP contribution in [0.15, 0.2) is 65.5 Å². The molecule has 0 atom stereocenters. The number of anilines is 1. The molecular weight excluding hydrogens is 409 g/mol. The Morgan fingerprint density at radius 3 is 2.40 bits per heavy atom. The first-order chi connectivity index (χ1) is 14.1. The Labute approximate surface area is 178 Å². The van der Waals surface area contributed by atoms with E-state index in [0.29, 0.717) is 24.7 Å². The van der Waals surface area contributed by atoms with Gasteiger partial charge in [-0.25, -0.2) is 9.18 Å². The van der Waals surface area contributed by atoms with Crippen molar-refractivity contribution >= 4 is 16.7 Å². The number of hydrogen-bond donors (Lipinski definition) is 3. The molecule has 0 aliphatic heterocycles. The Balaban J connectivity index is 0.00000256. The fourth-order valence-corrected chi connectivity index (χ4v) is 3.03. The van der Waals surface area contributed by atoms with E-state index in [0.717, 1.165) is 27.8 Å². The van der Waals surface area contributed by atoms with E-state index in [4.69, 9.17) is 9.47 Å². The molecular formula is C22H20ClFN3O3-. The lowest BCUT2D eigenvalue weighted by Gasteiger charge is -2.13. The van der Waals surface area contributed by atoms with Crippen molar-refractivity contribution < 1.29 is 26.3 Å². The van der Waals surface area contributed by atoms with E-state index in [1.54, 1.807) is 19.2 Å². The highest BCUT2D eigenvalue weighted by Gasteiger charge is 2.07. The van der Waals surface area contributed by atoms with Crippen molar-refractivity contribution in [2.75, 3.05) is 12.4 Å². The fraction of sp³-hybridized carbons (Fsp3) is 0.136. The number of hydrogen-bond acceptors (Lipinski definition) is 4. The number of halogens is 2. The Kier molecular flexibility index (Phi) is 6.64. The number of fused-ring (bicyclic) bond motifs is 1. The molecule has 4 aromatic rings. The van der Waals surface area contributed by atoms with Gasteiger partial charge in [-0.05, 0) is 53.6 Å². The van der Waals surface area contributed by atoms with E-state index < -0.39 is 0 Å². The number of nitrogens with one attached hydrogen (secondary N) is 3. The van der Waals surface area contributed by atoms with Gasteiger partial charge in [0.15, 0.2) is 11.5 Å². The third kappa shape index (κ3) is 4.93. The lowest BCUT2D eigenvalue weighted by Crippen LogP contribution is -3.00. The zero-order chi connectivity index (χ0) is 20.2. The molecule has 6 nitrogen and oxygen atoms in total. The Bertz CT molecular complexity index is 1190. The second-order valence-corrected chi connectivity index (χ2v) is 6.59. The summed E-state index contributed by atoms with van der Waals surface area (Å²) in [6, 6.07) is 17.5.